The molecule has 4 nitrogen and oxygen atoms in total. The fourth-order valence-corrected chi connectivity index (χ4v) is 5.03. The van der Waals surface area contributed by atoms with Crippen LogP contribution in [0.25, 0.3) is 0 Å². The molecule has 2 N–H and O–H groups in total. The zero-order valence-electron chi connectivity index (χ0n) is 18.9. The summed E-state index contributed by atoms with van der Waals surface area (Å²) in [6.45, 7) is 3.73. The van der Waals surface area contributed by atoms with E-state index >= 15 is 0 Å². The van der Waals surface area contributed by atoms with E-state index in [4.69, 9.17) is 0 Å². The Morgan fingerprint density at radius 1 is 1.06 bits per heavy atom. The maximum Gasteiger partial charge on any atom is 0.254 e. The van der Waals surface area contributed by atoms with Crippen molar-refractivity contribution in [3.8, 4) is 6.07 Å². The summed E-state index contributed by atoms with van der Waals surface area (Å²) in [6.07, 6.45) is 0. The van der Waals surface area contributed by atoms with Gasteiger partial charge in [0, 0.05) is 22.7 Å². The Balaban J connectivity index is 1.74. The van der Waals surface area contributed by atoms with E-state index in [0.717, 1.165) is 11.1 Å². The summed E-state index contributed by atoms with van der Waals surface area (Å²) in [5.74, 6) is -0.775. The second-order valence-electron chi connectivity index (χ2n) is 8.05. The number of anilines is 1. The molecule has 1 aliphatic rings. The number of halogens is 1. The summed E-state index contributed by atoms with van der Waals surface area (Å²) >= 11 is 1.50. The smallest absolute Gasteiger partial charge is 0.254 e. The molecule has 0 radical (unpaired) electrons. The van der Waals surface area contributed by atoms with Crippen molar-refractivity contribution in [2.24, 2.45) is 0 Å². The number of nitrogens with one attached hydrogen (secondary N) is 2. The molecule has 0 spiro atoms. The van der Waals surface area contributed by atoms with Crippen LogP contribution < -0.4 is 10.6 Å². The average Bonchev–Trinajstić information content (AvgIpc) is 2.84. The second-order valence-corrected chi connectivity index (χ2v) is 9.04. The van der Waals surface area contributed by atoms with Crippen LogP contribution in [0.3, 0.4) is 0 Å². The number of allylic oxidation sites excluding steroid dienone is 2. The quantitative estimate of drug-likeness (QED) is 0.438. The Hall–Kier alpha value is -3.82. The van der Waals surface area contributed by atoms with E-state index < -0.39 is 11.7 Å². The molecule has 3 aromatic carbocycles. The van der Waals surface area contributed by atoms with Crippen molar-refractivity contribution in [1.82, 2.24) is 5.32 Å². The Labute approximate surface area is 203 Å². The van der Waals surface area contributed by atoms with Gasteiger partial charge in [0.05, 0.1) is 22.6 Å². The Morgan fingerprint density at radius 3 is 2.50 bits per heavy atom. The summed E-state index contributed by atoms with van der Waals surface area (Å²) in [5, 5.41) is 17.1. The number of nitrogens with zero attached hydrogens (tertiary/aromatic N) is 1. The van der Waals surface area contributed by atoms with Gasteiger partial charge in [0.1, 0.15) is 5.82 Å². The summed E-state index contributed by atoms with van der Waals surface area (Å²) < 4.78 is 14.2. The molecular weight excluding hydrogens is 445 g/mol. The van der Waals surface area contributed by atoms with Crippen molar-refractivity contribution in [2.75, 3.05) is 5.32 Å². The molecule has 0 aromatic heterocycles. The first kappa shape index (κ1) is 23.3. The van der Waals surface area contributed by atoms with E-state index in [1.165, 1.54) is 23.9 Å². The van der Waals surface area contributed by atoms with E-state index in [1.807, 2.05) is 68.4 Å². The summed E-state index contributed by atoms with van der Waals surface area (Å²) in [6, 6.07) is 25.9. The minimum absolute atomic E-state index is 0.326. The lowest BCUT2D eigenvalue weighted by molar-refractivity contribution is -0.113. The van der Waals surface area contributed by atoms with E-state index in [-0.39, 0.29) is 5.91 Å². The van der Waals surface area contributed by atoms with Crippen molar-refractivity contribution >= 4 is 23.4 Å². The third-order valence-corrected chi connectivity index (χ3v) is 6.78. The van der Waals surface area contributed by atoms with Gasteiger partial charge >= 0.3 is 0 Å². The average molecular weight is 470 g/mol. The molecular formula is C28H24FN3OS. The number of hydrogen-bond donors (Lipinski definition) is 2. The molecule has 0 saturated heterocycles. The molecule has 0 fully saturated rings. The highest BCUT2D eigenvalue weighted by Crippen LogP contribution is 2.41. The molecule has 0 bridgehead atoms. The number of dihydropyridines is 1. The number of thioether (sulfide) groups is 1. The summed E-state index contributed by atoms with van der Waals surface area (Å²) in [7, 11) is 0. The summed E-state index contributed by atoms with van der Waals surface area (Å²) in [4.78, 5) is 13.5. The number of carbonyl (C=O) groups is 1. The highest BCUT2D eigenvalue weighted by atomic mass is 32.2. The van der Waals surface area contributed by atoms with Crippen molar-refractivity contribution in [3.63, 3.8) is 0 Å². The normalized spacial score (nSPS) is 15.5. The van der Waals surface area contributed by atoms with E-state index in [0.29, 0.717) is 38.9 Å². The molecule has 1 unspecified atom stereocenters. The van der Waals surface area contributed by atoms with Crippen LogP contribution >= 0.6 is 11.8 Å². The lowest BCUT2D eigenvalue weighted by atomic mass is 9.82. The number of benzene rings is 3. The van der Waals surface area contributed by atoms with Crippen LogP contribution in [0.1, 0.15) is 29.5 Å². The fourth-order valence-electron chi connectivity index (χ4n) is 3.98. The number of carbonyl (C=O) groups excluding carboxylic acids is 1. The molecule has 6 heteroatoms. The number of hydrogen-bond acceptors (Lipinski definition) is 4. The monoisotopic (exact) mass is 469 g/mol. The molecule has 1 amide bonds. The number of para-hydroxylation sites is 1. The SMILES string of the molecule is CC1=C(C(=O)Nc2ccccc2C)C(c2cccc(F)c2)C(C#N)=C(SCc2ccccc2)N1. The maximum absolute atomic E-state index is 14.2. The molecule has 1 atom stereocenters. The first-order valence-electron chi connectivity index (χ1n) is 10.9. The molecule has 1 aliphatic heterocycles. The maximum atomic E-state index is 14.2. The van der Waals surface area contributed by atoms with Crippen molar-refractivity contribution in [2.45, 2.75) is 25.5 Å². The molecule has 170 valence electrons. The van der Waals surface area contributed by atoms with Gasteiger partial charge in [-0.3, -0.25) is 4.79 Å². The second kappa shape index (κ2) is 10.4. The molecule has 0 aliphatic carbocycles. The first-order valence-corrected chi connectivity index (χ1v) is 11.9. The Kier molecular flexibility index (Phi) is 7.15. The first-order chi connectivity index (χ1) is 16.5. The molecule has 3 aromatic rings. The van der Waals surface area contributed by atoms with Crippen LogP contribution in [-0.2, 0) is 10.5 Å². The highest BCUT2D eigenvalue weighted by molar-refractivity contribution is 8.02. The highest BCUT2D eigenvalue weighted by Gasteiger charge is 2.35. The van der Waals surface area contributed by atoms with E-state index in [9.17, 15) is 14.4 Å². The zero-order valence-corrected chi connectivity index (χ0v) is 19.7. The van der Waals surface area contributed by atoms with Crippen LogP contribution in [0.4, 0.5) is 10.1 Å². The largest absolute Gasteiger partial charge is 0.353 e. The Bertz CT molecular complexity index is 1320. The van der Waals surface area contributed by atoms with E-state index in [1.54, 1.807) is 12.1 Å². The van der Waals surface area contributed by atoms with E-state index in [2.05, 4.69) is 16.7 Å². The van der Waals surface area contributed by atoms with Crippen LogP contribution in [0.2, 0.25) is 0 Å². The molecule has 4 rings (SSSR count). The number of aryl methyl sites for hydroxylation is 1. The number of nitriles is 1. The molecule has 1 heterocycles. The minimum Gasteiger partial charge on any atom is -0.353 e. The van der Waals surface area contributed by atoms with Crippen LogP contribution in [0, 0.1) is 24.1 Å². The Morgan fingerprint density at radius 2 is 1.79 bits per heavy atom. The third-order valence-electron chi connectivity index (χ3n) is 5.69. The topological polar surface area (TPSA) is 64.9 Å². The van der Waals surface area contributed by atoms with Crippen LogP contribution in [-0.4, -0.2) is 5.91 Å². The van der Waals surface area contributed by atoms with Crippen molar-refractivity contribution in [3.05, 3.63) is 123 Å². The lowest BCUT2D eigenvalue weighted by Gasteiger charge is -2.30. The van der Waals surface area contributed by atoms with Gasteiger partial charge in [-0.25, -0.2) is 4.39 Å². The fraction of sp³-hybridized carbons (Fsp3) is 0.143. The van der Waals surface area contributed by atoms with Gasteiger partial charge in [0.15, 0.2) is 0 Å². The predicted octanol–water partition coefficient (Wildman–Crippen LogP) is 6.40. The molecule has 0 saturated carbocycles. The minimum atomic E-state index is -0.691. The summed E-state index contributed by atoms with van der Waals surface area (Å²) in [5.41, 5.74) is 4.72. The van der Waals surface area contributed by atoms with Gasteiger partial charge in [-0.1, -0.05) is 60.7 Å². The molecule has 34 heavy (non-hydrogen) atoms. The standard InChI is InChI=1S/C28H24FN3OS/c1-18-9-6-7-14-24(18)32-27(33)25-19(2)31-28(34-17-20-10-4-3-5-11-20)23(16-30)26(25)21-12-8-13-22(29)15-21/h3-15,26,31H,17H2,1-2H3,(H,32,33). The van der Waals surface area contributed by atoms with Crippen LogP contribution in [0.15, 0.2) is 101 Å². The van der Waals surface area contributed by atoms with Gasteiger partial charge in [0.25, 0.3) is 5.91 Å². The van der Waals surface area contributed by atoms with Gasteiger partial charge in [-0.15, -0.1) is 11.8 Å². The van der Waals surface area contributed by atoms with Gasteiger partial charge < -0.3 is 10.6 Å². The van der Waals surface area contributed by atoms with Gasteiger partial charge in [0.2, 0.25) is 0 Å². The number of amides is 1. The van der Waals surface area contributed by atoms with Crippen molar-refractivity contribution in [1.29, 1.82) is 5.26 Å². The third kappa shape index (κ3) is 5.05. The lowest BCUT2D eigenvalue weighted by Crippen LogP contribution is -2.30. The number of rotatable bonds is 6. The van der Waals surface area contributed by atoms with Gasteiger partial charge in [-0.2, -0.15) is 5.26 Å². The predicted molar refractivity (Wildman–Crippen MR) is 135 cm³/mol. The van der Waals surface area contributed by atoms with Crippen LogP contribution in [0.5, 0.6) is 0 Å². The van der Waals surface area contributed by atoms with Crippen molar-refractivity contribution < 1.29 is 9.18 Å². The van der Waals surface area contributed by atoms with Gasteiger partial charge in [-0.05, 0) is 48.7 Å². The zero-order chi connectivity index (χ0) is 24.1.